The molecular weight excluding hydrogens is 170 g/mol. The number of carbonyl (C=O) groups is 2. The molecule has 0 fully saturated rings. The third-order valence-electron chi connectivity index (χ3n) is 2.40. The summed E-state index contributed by atoms with van der Waals surface area (Å²) in [5.41, 5.74) is -0.574. The smallest absolute Gasteiger partial charge is 0.303 e. The summed E-state index contributed by atoms with van der Waals surface area (Å²) >= 11 is 0. The molecule has 0 spiro atoms. The second-order valence-corrected chi connectivity index (χ2v) is 3.39. The summed E-state index contributed by atoms with van der Waals surface area (Å²) in [6.45, 7) is 3.30. The van der Waals surface area contributed by atoms with Crippen LogP contribution in [0.5, 0.6) is 0 Å². The van der Waals surface area contributed by atoms with Gasteiger partial charge >= 0.3 is 5.97 Å². The minimum atomic E-state index is -0.818. The zero-order chi connectivity index (χ0) is 10.5. The summed E-state index contributed by atoms with van der Waals surface area (Å²) in [5, 5.41) is 11.3. The SMILES string of the molecule is CNC(C)(CCCC(=O)O)C(C)=O. The van der Waals surface area contributed by atoms with E-state index >= 15 is 0 Å². The van der Waals surface area contributed by atoms with Crippen LogP contribution in [0.4, 0.5) is 0 Å². The van der Waals surface area contributed by atoms with Crippen molar-refractivity contribution in [3.8, 4) is 0 Å². The third kappa shape index (κ3) is 4.03. The lowest BCUT2D eigenvalue weighted by atomic mass is 9.91. The first-order valence-electron chi connectivity index (χ1n) is 4.34. The Balaban J connectivity index is 3.98. The zero-order valence-electron chi connectivity index (χ0n) is 8.39. The highest BCUT2D eigenvalue weighted by Crippen LogP contribution is 2.14. The van der Waals surface area contributed by atoms with Crippen LogP contribution in [-0.2, 0) is 9.59 Å². The topological polar surface area (TPSA) is 66.4 Å². The molecule has 76 valence electrons. The molecule has 4 heteroatoms. The minimum Gasteiger partial charge on any atom is -0.481 e. The maximum Gasteiger partial charge on any atom is 0.303 e. The van der Waals surface area contributed by atoms with Crippen molar-refractivity contribution in [3.63, 3.8) is 0 Å². The van der Waals surface area contributed by atoms with Gasteiger partial charge in [0.25, 0.3) is 0 Å². The van der Waals surface area contributed by atoms with Crippen molar-refractivity contribution in [3.05, 3.63) is 0 Å². The molecule has 0 aliphatic carbocycles. The molecule has 0 saturated carbocycles. The van der Waals surface area contributed by atoms with Gasteiger partial charge in [0, 0.05) is 6.42 Å². The largest absolute Gasteiger partial charge is 0.481 e. The van der Waals surface area contributed by atoms with Gasteiger partial charge < -0.3 is 10.4 Å². The molecule has 2 N–H and O–H groups in total. The zero-order valence-corrected chi connectivity index (χ0v) is 8.39. The molecule has 0 rings (SSSR count). The van der Waals surface area contributed by atoms with Crippen LogP contribution in [0.2, 0.25) is 0 Å². The summed E-state index contributed by atoms with van der Waals surface area (Å²) in [4.78, 5) is 21.4. The van der Waals surface area contributed by atoms with E-state index in [4.69, 9.17) is 5.11 Å². The Morgan fingerprint density at radius 2 is 2.00 bits per heavy atom. The maximum atomic E-state index is 11.2. The van der Waals surface area contributed by atoms with Crippen LogP contribution in [0.1, 0.15) is 33.1 Å². The van der Waals surface area contributed by atoms with Crippen molar-refractivity contribution >= 4 is 11.8 Å². The standard InChI is InChI=1S/C9H17NO3/c1-7(11)9(2,10-3)6-4-5-8(12)13/h10H,4-6H2,1-3H3,(H,12,13). The number of hydrogen-bond donors (Lipinski definition) is 2. The number of nitrogens with one attached hydrogen (secondary N) is 1. The number of carboxylic acids is 1. The summed E-state index contributed by atoms with van der Waals surface area (Å²) < 4.78 is 0. The van der Waals surface area contributed by atoms with Crippen LogP contribution >= 0.6 is 0 Å². The molecule has 0 bridgehead atoms. The first kappa shape index (κ1) is 12.1. The number of rotatable bonds is 6. The van der Waals surface area contributed by atoms with E-state index in [-0.39, 0.29) is 12.2 Å². The quantitative estimate of drug-likeness (QED) is 0.645. The number of hydrogen-bond acceptors (Lipinski definition) is 3. The lowest BCUT2D eigenvalue weighted by Crippen LogP contribution is -2.46. The molecule has 0 aromatic carbocycles. The highest BCUT2D eigenvalue weighted by Gasteiger charge is 2.26. The van der Waals surface area contributed by atoms with Gasteiger partial charge in [0.2, 0.25) is 0 Å². The molecule has 0 saturated heterocycles. The second-order valence-electron chi connectivity index (χ2n) is 3.39. The molecule has 0 aliphatic rings. The van der Waals surface area contributed by atoms with E-state index in [0.29, 0.717) is 12.8 Å². The monoisotopic (exact) mass is 187 g/mol. The van der Waals surface area contributed by atoms with Gasteiger partial charge in [-0.3, -0.25) is 9.59 Å². The summed E-state index contributed by atoms with van der Waals surface area (Å²) in [6, 6.07) is 0. The average molecular weight is 187 g/mol. The highest BCUT2D eigenvalue weighted by atomic mass is 16.4. The lowest BCUT2D eigenvalue weighted by molar-refractivity contribution is -0.137. The van der Waals surface area contributed by atoms with Crippen molar-refractivity contribution in [2.24, 2.45) is 0 Å². The Morgan fingerprint density at radius 3 is 2.31 bits per heavy atom. The molecule has 4 nitrogen and oxygen atoms in total. The predicted molar refractivity (Wildman–Crippen MR) is 49.6 cm³/mol. The highest BCUT2D eigenvalue weighted by molar-refractivity contribution is 5.85. The predicted octanol–water partition coefficient (Wildman–Crippen LogP) is 0.808. The van der Waals surface area contributed by atoms with E-state index in [2.05, 4.69) is 5.32 Å². The van der Waals surface area contributed by atoms with Crippen LogP contribution in [0.25, 0.3) is 0 Å². The molecule has 0 heterocycles. The summed E-state index contributed by atoms with van der Waals surface area (Å²) in [6.07, 6.45) is 1.20. The van der Waals surface area contributed by atoms with E-state index in [1.54, 1.807) is 14.0 Å². The molecule has 1 atom stereocenters. The Hall–Kier alpha value is -0.900. The van der Waals surface area contributed by atoms with Crippen molar-refractivity contribution in [2.45, 2.75) is 38.6 Å². The van der Waals surface area contributed by atoms with Gasteiger partial charge in [-0.2, -0.15) is 0 Å². The van der Waals surface area contributed by atoms with Crippen molar-refractivity contribution in [1.82, 2.24) is 5.32 Å². The van der Waals surface area contributed by atoms with E-state index in [1.807, 2.05) is 0 Å². The fraction of sp³-hybridized carbons (Fsp3) is 0.778. The van der Waals surface area contributed by atoms with Crippen LogP contribution in [0.3, 0.4) is 0 Å². The molecule has 0 aromatic heterocycles. The lowest BCUT2D eigenvalue weighted by Gasteiger charge is -2.25. The van der Waals surface area contributed by atoms with Gasteiger partial charge in [0.05, 0.1) is 5.54 Å². The third-order valence-corrected chi connectivity index (χ3v) is 2.40. The number of carbonyl (C=O) groups excluding carboxylic acids is 1. The Morgan fingerprint density at radius 1 is 1.46 bits per heavy atom. The number of Topliss-reactive ketones (excluding diaryl/α,β-unsaturated/α-hetero) is 1. The van der Waals surface area contributed by atoms with Crippen LogP contribution in [0.15, 0.2) is 0 Å². The van der Waals surface area contributed by atoms with E-state index < -0.39 is 11.5 Å². The first-order chi connectivity index (χ1) is 5.92. The number of aliphatic carboxylic acids is 1. The van der Waals surface area contributed by atoms with Crippen LogP contribution < -0.4 is 5.32 Å². The number of likely N-dealkylation sites (N-methyl/N-ethyl adjacent to an activating group) is 1. The van der Waals surface area contributed by atoms with Gasteiger partial charge in [0.1, 0.15) is 5.78 Å². The number of carboxylic acid groups (broad SMARTS) is 1. The van der Waals surface area contributed by atoms with Crippen molar-refractivity contribution < 1.29 is 14.7 Å². The van der Waals surface area contributed by atoms with Gasteiger partial charge in [-0.25, -0.2) is 0 Å². The number of ketones is 1. The molecule has 0 radical (unpaired) electrons. The van der Waals surface area contributed by atoms with E-state index in [0.717, 1.165) is 0 Å². The minimum absolute atomic E-state index is 0.0420. The van der Waals surface area contributed by atoms with Gasteiger partial charge in [0.15, 0.2) is 0 Å². The Bertz CT molecular complexity index is 203. The Labute approximate surface area is 78.3 Å². The molecule has 0 aliphatic heterocycles. The molecular formula is C9H17NO3. The van der Waals surface area contributed by atoms with Crippen LogP contribution in [-0.4, -0.2) is 29.4 Å². The summed E-state index contributed by atoms with van der Waals surface area (Å²) in [7, 11) is 1.71. The molecule has 0 aromatic rings. The fourth-order valence-electron chi connectivity index (χ4n) is 1.07. The normalized spacial score (nSPS) is 15.0. The molecule has 1 unspecified atom stereocenters. The van der Waals surface area contributed by atoms with E-state index in [1.165, 1.54) is 6.92 Å². The van der Waals surface area contributed by atoms with Crippen molar-refractivity contribution in [2.75, 3.05) is 7.05 Å². The van der Waals surface area contributed by atoms with Gasteiger partial charge in [-0.05, 0) is 33.7 Å². The van der Waals surface area contributed by atoms with E-state index in [9.17, 15) is 9.59 Å². The fourth-order valence-corrected chi connectivity index (χ4v) is 1.07. The maximum absolute atomic E-state index is 11.2. The van der Waals surface area contributed by atoms with Gasteiger partial charge in [-0.1, -0.05) is 0 Å². The first-order valence-corrected chi connectivity index (χ1v) is 4.34. The second kappa shape index (κ2) is 4.97. The van der Waals surface area contributed by atoms with Crippen LogP contribution in [0, 0.1) is 0 Å². The molecule has 13 heavy (non-hydrogen) atoms. The summed E-state index contributed by atoms with van der Waals surface area (Å²) in [5.74, 6) is -0.776. The molecule has 0 amide bonds. The van der Waals surface area contributed by atoms with Gasteiger partial charge in [-0.15, -0.1) is 0 Å². The average Bonchev–Trinajstić information content (AvgIpc) is 2.03. The Kier molecular flexibility index (Phi) is 4.62. The van der Waals surface area contributed by atoms with Crippen molar-refractivity contribution in [1.29, 1.82) is 0 Å².